The van der Waals surface area contributed by atoms with Gasteiger partial charge in [-0.25, -0.2) is 0 Å². The number of para-hydroxylation sites is 2. The van der Waals surface area contributed by atoms with Crippen LogP contribution in [0.4, 0.5) is 17.1 Å². The van der Waals surface area contributed by atoms with Gasteiger partial charge in [-0.2, -0.15) is 0 Å². The molecular weight excluding hydrogens is 659 g/mol. The predicted molar refractivity (Wildman–Crippen MR) is 224 cm³/mol. The SMILES string of the molecule is CC1(C)c2ccccc2-c2ccc(N(c3cc(-c4ccccc4)c4oc5ccc6oc7ccccc7c6c5c4c3)c3ccccc3-c3ccccc3)cc21. The molecule has 10 aromatic rings. The number of nitrogens with zero attached hydrogens (tertiary/aromatic N) is 1. The van der Waals surface area contributed by atoms with Crippen molar-refractivity contribution in [2.24, 2.45) is 0 Å². The summed E-state index contributed by atoms with van der Waals surface area (Å²) in [6.07, 6.45) is 0. The zero-order valence-electron chi connectivity index (χ0n) is 30.0. The second kappa shape index (κ2) is 11.6. The normalized spacial score (nSPS) is 13.1. The van der Waals surface area contributed by atoms with Crippen LogP contribution >= 0.6 is 0 Å². The lowest BCUT2D eigenvalue weighted by Crippen LogP contribution is -2.17. The summed E-state index contributed by atoms with van der Waals surface area (Å²) >= 11 is 0. The highest BCUT2D eigenvalue weighted by atomic mass is 16.3. The van der Waals surface area contributed by atoms with Crippen molar-refractivity contribution in [3.05, 3.63) is 187 Å². The fourth-order valence-electron chi connectivity index (χ4n) is 8.92. The molecule has 1 aliphatic carbocycles. The van der Waals surface area contributed by atoms with Crippen LogP contribution in [0, 0.1) is 0 Å². The molecule has 3 nitrogen and oxygen atoms in total. The molecule has 0 radical (unpaired) electrons. The van der Waals surface area contributed by atoms with Crippen LogP contribution in [0.25, 0.3) is 77.3 Å². The molecule has 8 aromatic carbocycles. The number of hydrogen-bond donors (Lipinski definition) is 0. The van der Waals surface area contributed by atoms with E-state index in [1.54, 1.807) is 0 Å². The number of benzene rings is 8. The molecule has 3 heteroatoms. The maximum atomic E-state index is 6.87. The lowest BCUT2D eigenvalue weighted by molar-refractivity contribution is 0.660. The monoisotopic (exact) mass is 693 g/mol. The van der Waals surface area contributed by atoms with Gasteiger partial charge in [0.15, 0.2) is 0 Å². The maximum Gasteiger partial charge on any atom is 0.143 e. The molecule has 2 heterocycles. The van der Waals surface area contributed by atoms with Crippen molar-refractivity contribution in [3.63, 3.8) is 0 Å². The summed E-state index contributed by atoms with van der Waals surface area (Å²) < 4.78 is 13.3. The average Bonchev–Trinajstić information content (AvgIpc) is 3.86. The van der Waals surface area contributed by atoms with Gasteiger partial charge in [-0.15, -0.1) is 0 Å². The molecule has 0 spiro atoms. The lowest BCUT2D eigenvalue weighted by atomic mass is 9.82. The minimum absolute atomic E-state index is 0.152. The Bertz CT molecular complexity index is 3080. The van der Waals surface area contributed by atoms with Crippen LogP contribution in [-0.4, -0.2) is 0 Å². The Labute approximate surface area is 313 Å². The Hall–Kier alpha value is -6.84. The molecule has 0 unspecified atom stereocenters. The molecule has 0 saturated heterocycles. The molecule has 11 rings (SSSR count). The Morgan fingerprint density at radius 1 is 0.407 bits per heavy atom. The van der Waals surface area contributed by atoms with Gasteiger partial charge >= 0.3 is 0 Å². The van der Waals surface area contributed by atoms with Crippen molar-refractivity contribution in [2.75, 3.05) is 4.90 Å². The number of rotatable bonds is 5. The predicted octanol–water partition coefficient (Wildman–Crippen LogP) is 14.6. The van der Waals surface area contributed by atoms with E-state index < -0.39 is 0 Å². The van der Waals surface area contributed by atoms with E-state index in [4.69, 9.17) is 8.83 Å². The summed E-state index contributed by atoms with van der Waals surface area (Å²) in [4.78, 5) is 2.44. The fourth-order valence-corrected chi connectivity index (χ4v) is 8.92. The van der Waals surface area contributed by atoms with Gasteiger partial charge in [-0.05, 0) is 81.9 Å². The Balaban J connectivity index is 1.25. The van der Waals surface area contributed by atoms with Crippen molar-refractivity contribution in [1.29, 1.82) is 0 Å². The summed E-state index contributed by atoms with van der Waals surface area (Å²) in [5, 5.41) is 4.27. The van der Waals surface area contributed by atoms with Crippen molar-refractivity contribution in [3.8, 4) is 33.4 Å². The molecule has 0 saturated carbocycles. The molecule has 256 valence electrons. The molecule has 0 bridgehead atoms. The molecule has 0 atom stereocenters. The lowest BCUT2D eigenvalue weighted by Gasteiger charge is -2.30. The van der Waals surface area contributed by atoms with Gasteiger partial charge in [0.05, 0.1) is 5.69 Å². The molecule has 0 aliphatic heterocycles. The molecule has 54 heavy (non-hydrogen) atoms. The second-order valence-corrected chi connectivity index (χ2v) is 14.9. The summed E-state index contributed by atoms with van der Waals surface area (Å²) in [6.45, 7) is 4.70. The van der Waals surface area contributed by atoms with E-state index in [1.165, 1.54) is 22.3 Å². The van der Waals surface area contributed by atoms with Gasteiger partial charge in [0, 0.05) is 49.5 Å². The van der Waals surface area contributed by atoms with E-state index in [-0.39, 0.29) is 5.41 Å². The molecule has 2 aromatic heterocycles. The minimum Gasteiger partial charge on any atom is -0.456 e. The van der Waals surface area contributed by atoms with E-state index in [1.807, 2.05) is 18.2 Å². The van der Waals surface area contributed by atoms with E-state index in [9.17, 15) is 0 Å². The van der Waals surface area contributed by atoms with Crippen molar-refractivity contribution in [1.82, 2.24) is 0 Å². The number of anilines is 3. The van der Waals surface area contributed by atoms with Crippen LogP contribution < -0.4 is 4.90 Å². The second-order valence-electron chi connectivity index (χ2n) is 14.9. The van der Waals surface area contributed by atoms with Crippen molar-refractivity contribution < 1.29 is 8.83 Å². The van der Waals surface area contributed by atoms with E-state index in [0.29, 0.717) is 0 Å². The molecular formula is C51H35NO2. The van der Waals surface area contributed by atoms with Crippen LogP contribution in [0.2, 0.25) is 0 Å². The molecule has 0 fully saturated rings. The van der Waals surface area contributed by atoms with Crippen molar-refractivity contribution in [2.45, 2.75) is 19.3 Å². The minimum atomic E-state index is -0.152. The van der Waals surface area contributed by atoms with Crippen LogP contribution in [0.5, 0.6) is 0 Å². The van der Waals surface area contributed by atoms with Gasteiger partial charge in [-0.1, -0.05) is 141 Å². The molecule has 0 amide bonds. The summed E-state index contributed by atoms with van der Waals surface area (Å²) in [5.41, 5.74) is 16.3. The Morgan fingerprint density at radius 3 is 1.81 bits per heavy atom. The highest BCUT2D eigenvalue weighted by Gasteiger charge is 2.36. The first-order chi connectivity index (χ1) is 26.5. The first kappa shape index (κ1) is 30.8. The number of furan rings is 2. The van der Waals surface area contributed by atoms with E-state index in [2.05, 4.69) is 176 Å². The summed E-state index contributed by atoms with van der Waals surface area (Å²) in [6, 6.07) is 63.0. The average molecular weight is 694 g/mol. The van der Waals surface area contributed by atoms with Crippen molar-refractivity contribution >= 4 is 60.9 Å². The maximum absolute atomic E-state index is 6.87. The largest absolute Gasteiger partial charge is 0.456 e. The van der Waals surface area contributed by atoms with Gasteiger partial charge < -0.3 is 13.7 Å². The van der Waals surface area contributed by atoms with E-state index in [0.717, 1.165) is 83.2 Å². The third kappa shape index (κ3) is 4.48. The Morgan fingerprint density at radius 2 is 1.02 bits per heavy atom. The van der Waals surface area contributed by atoms with Crippen LogP contribution in [-0.2, 0) is 5.41 Å². The van der Waals surface area contributed by atoms with Gasteiger partial charge in [0.1, 0.15) is 22.3 Å². The van der Waals surface area contributed by atoms with Gasteiger partial charge in [0.2, 0.25) is 0 Å². The van der Waals surface area contributed by atoms with Crippen LogP contribution in [0.15, 0.2) is 185 Å². The summed E-state index contributed by atoms with van der Waals surface area (Å²) in [7, 11) is 0. The van der Waals surface area contributed by atoms with Gasteiger partial charge in [-0.3, -0.25) is 0 Å². The fraction of sp³-hybridized carbons (Fsp3) is 0.0588. The third-order valence-corrected chi connectivity index (χ3v) is 11.5. The topological polar surface area (TPSA) is 29.5 Å². The first-order valence-corrected chi connectivity index (χ1v) is 18.6. The van der Waals surface area contributed by atoms with Crippen LogP contribution in [0.1, 0.15) is 25.0 Å². The number of fused-ring (bicyclic) bond motifs is 10. The number of hydrogen-bond acceptors (Lipinski definition) is 3. The first-order valence-electron chi connectivity index (χ1n) is 18.6. The zero-order chi connectivity index (χ0) is 36.0. The Kier molecular flexibility index (Phi) is 6.60. The summed E-state index contributed by atoms with van der Waals surface area (Å²) in [5.74, 6) is 0. The quantitative estimate of drug-likeness (QED) is 0.180. The highest BCUT2D eigenvalue weighted by molar-refractivity contribution is 6.27. The van der Waals surface area contributed by atoms with Crippen LogP contribution in [0.3, 0.4) is 0 Å². The highest BCUT2D eigenvalue weighted by Crippen LogP contribution is 2.52. The van der Waals surface area contributed by atoms with Gasteiger partial charge in [0.25, 0.3) is 0 Å². The third-order valence-electron chi connectivity index (χ3n) is 11.5. The molecule has 1 aliphatic rings. The van der Waals surface area contributed by atoms with E-state index >= 15 is 0 Å². The smallest absolute Gasteiger partial charge is 0.143 e. The molecule has 0 N–H and O–H groups in total. The zero-order valence-corrected chi connectivity index (χ0v) is 30.0. The standard InChI is InChI=1S/C51H35NO2/c1-51(2)42-22-12-9-20-37(42)38-26-25-34(31-43(38)51)52(44-23-13-10-19-36(44)32-15-5-3-6-16-32)35-29-40(33-17-7-4-8-18-33)50-41(30-35)49-47(54-50)28-27-46-48(49)39-21-11-14-24-45(39)53-46/h3-31H,1-2H3.